The molecule has 1 aromatic carbocycles. The molecule has 7 nitrogen and oxygen atoms in total. The van der Waals surface area contributed by atoms with Gasteiger partial charge >= 0.3 is 5.97 Å². The van der Waals surface area contributed by atoms with Crippen LogP contribution in [0.1, 0.15) is 35.1 Å². The van der Waals surface area contributed by atoms with Crippen molar-refractivity contribution >= 4 is 11.9 Å². The highest BCUT2D eigenvalue weighted by atomic mass is 16.5. The Morgan fingerprint density at radius 2 is 1.96 bits per heavy atom. The van der Waals surface area contributed by atoms with Crippen molar-refractivity contribution in [3.8, 4) is 5.75 Å². The molecule has 1 aliphatic heterocycles. The van der Waals surface area contributed by atoms with E-state index in [9.17, 15) is 9.59 Å². The van der Waals surface area contributed by atoms with Gasteiger partial charge in [-0.05, 0) is 12.1 Å². The van der Waals surface area contributed by atoms with E-state index in [1.807, 2.05) is 30.3 Å². The Morgan fingerprint density at radius 1 is 1.25 bits per heavy atom. The zero-order valence-electron chi connectivity index (χ0n) is 12.8. The first-order valence-corrected chi connectivity index (χ1v) is 7.79. The summed E-state index contributed by atoms with van der Waals surface area (Å²) in [7, 11) is 0. The third-order valence-corrected chi connectivity index (χ3v) is 4.41. The quantitative estimate of drug-likeness (QED) is 0.901. The SMILES string of the molecule is O=C(O)c1coc(C2CN(C(=O)C3(Oc4ccccc4)CC3)C2)n1. The summed E-state index contributed by atoms with van der Waals surface area (Å²) in [6, 6.07) is 9.32. The smallest absolute Gasteiger partial charge is 0.357 e. The number of likely N-dealkylation sites (tertiary alicyclic amines) is 1. The fourth-order valence-electron chi connectivity index (χ4n) is 2.85. The highest BCUT2D eigenvalue weighted by Gasteiger charge is 2.56. The normalized spacial score (nSPS) is 18.8. The molecule has 7 heteroatoms. The molecule has 0 atom stereocenters. The number of para-hydroxylation sites is 1. The van der Waals surface area contributed by atoms with Gasteiger partial charge < -0.3 is 19.2 Å². The number of carboxylic acid groups (broad SMARTS) is 1. The van der Waals surface area contributed by atoms with Gasteiger partial charge in [-0.25, -0.2) is 9.78 Å². The molecule has 0 spiro atoms. The second kappa shape index (κ2) is 5.36. The summed E-state index contributed by atoms with van der Waals surface area (Å²) in [6.45, 7) is 0.941. The first-order chi connectivity index (χ1) is 11.6. The monoisotopic (exact) mass is 328 g/mol. The Labute approximate surface area is 137 Å². The summed E-state index contributed by atoms with van der Waals surface area (Å²) >= 11 is 0. The van der Waals surface area contributed by atoms with Gasteiger partial charge in [0.2, 0.25) is 5.89 Å². The van der Waals surface area contributed by atoms with Gasteiger partial charge in [0.1, 0.15) is 12.0 Å². The van der Waals surface area contributed by atoms with Crippen molar-refractivity contribution in [2.45, 2.75) is 24.4 Å². The topological polar surface area (TPSA) is 92.9 Å². The third-order valence-electron chi connectivity index (χ3n) is 4.41. The van der Waals surface area contributed by atoms with Gasteiger partial charge in [0, 0.05) is 25.9 Å². The second-order valence-corrected chi connectivity index (χ2v) is 6.19. The molecule has 124 valence electrons. The molecule has 2 aliphatic rings. The number of hydrogen-bond acceptors (Lipinski definition) is 5. The molecule has 2 heterocycles. The predicted molar refractivity (Wildman–Crippen MR) is 81.8 cm³/mol. The lowest BCUT2D eigenvalue weighted by atomic mass is 9.99. The molecule has 1 saturated carbocycles. The van der Waals surface area contributed by atoms with E-state index in [0.29, 0.717) is 37.6 Å². The minimum atomic E-state index is -1.12. The summed E-state index contributed by atoms with van der Waals surface area (Å²) in [4.78, 5) is 29.1. The number of aromatic nitrogens is 1. The average Bonchev–Trinajstić information content (AvgIpc) is 3.14. The predicted octanol–water partition coefficient (Wildman–Crippen LogP) is 1.91. The number of aromatic carboxylic acids is 1. The summed E-state index contributed by atoms with van der Waals surface area (Å²) in [5.74, 6) is -0.142. The highest BCUT2D eigenvalue weighted by molar-refractivity contribution is 5.89. The minimum Gasteiger partial charge on any atom is -0.477 e. The van der Waals surface area contributed by atoms with Crippen molar-refractivity contribution in [3.63, 3.8) is 0 Å². The van der Waals surface area contributed by atoms with E-state index in [4.69, 9.17) is 14.3 Å². The Hall–Kier alpha value is -2.83. The summed E-state index contributed by atoms with van der Waals surface area (Å²) < 4.78 is 11.1. The number of benzene rings is 1. The van der Waals surface area contributed by atoms with Crippen LogP contribution in [0, 0.1) is 0 Å². The van der Waals surface area contributed by atoms with Gasteiger partial charge in [-0.2, -0.15) is 0 Å². The number of carboxylic acids is 1. The summed E-state index contributed by atoms with van der Waals surface area (Å²) in [6.07, 6.45) is 2.55. The molecule has 4 rings (SSSR count). The maximum atomic E-state index is 12.7. The number of carbonyl (C=O) groups is 2. The average molecular weight is 328 g/mol. The van der Waals surface area contributed by atoms with Gasteiger partial charge in [-0.3, -0.25) is 4.79 Å². The van der Waals surface area contributed by atoms with Crippen molar-refractivity contribution in [3.05, 3.63) is 48.2 Å². The number of carbonyl (C=O) groups excluding carboxylic acids is 1. The minimum absolute atomic E-state index is 0.0207. The van der Waals surface area contributed by atoms with Crippen LogP contribution in [0.25, 0.3) is 0 Å². The molecule has 2 fully saturated rings. The zero-order valence-corrected chi connectivity index (χ0v) is 12.8. The van der Waals surface area contributed by atoms with Gasteiger partial charge in [0.25, 0.3) is 5.91 Å². The maximum absolute atomic E-state index is 12.7. The molecule has 1 saturated heterocycles. The first kappa shape index (κ1) is 14.7. The van der Waals surface area contributed by atoms with E-state index in [1.54, 1.807) is 4.90 Å². The number of ether oxygens (including phenoxy) is 1. The number of amides is 1. The first-order valence-electron chi connectivity index (χ1n) is 7.79. The lowest BCUT2D eigenvalue weighted by Crippen LogP contribution is -2.54. The van der Waals surface area contributed by atoms with Crippen LogP contribution in [0.4, 0.5) is 0 Å². The van der Waals surface area contributed by atoms with Gasteiger partial charge in [0.15, 0.2) is 11.3 Å². The largest absolute Gasteiger partial charge is 0.477 e. The van der Waals surface area contributed by atoms with Gasteiger partial charge in [-0.1, -0.05) is 18.2 Å². The Balaban J connectivity index is 1.38. The van der Waals surface area contributed by atoms with Crippen molar-refractivity contribution in [1.29, 1.82) is 0 Å². The molecule has 1 N–H and O–H groups in total. The van der Waals surface area contributed by atoms with Crippen molar-refractivity contribution < 1.29 is 23.8 Å². The van der Waals surface area contributed by atoms with E-state index in [2.05, 4.69) is 4.98 Å². The number of hydrogen-bond donors (Lipinski definition) is 1. The molecule has 0 radical (unpaired) electrons. The van der Waals surface area contributed by atoms with E-state index >= 15 is 0 Å². The number of rotatable bonds is 5. The van der Waals surface area contributed by atoms with E-state index in [-0.39, 0.29) is 17.5 Å². The molecule has 2 aromatic rings. The van der Waals surface area contributed by atoms with Crippen LogP contribution in [-0.4, -0.2) is 45.6 Å². The molecule has 0 unspecified atom stereocenters. The Kier molecular flexibility index (Phi) is 3.30. The lowest BCUT2D eigenvalue weighted by Gasteiger charge is -2.39. The Morgan fingerprint density at radius 3 is 2.54 bits per heavy atom. The molecule has 1 aromatic heterocycles. The van der Waals surface area contributed by atoms with Crippen LogP contribution in [-0.2, 0) is 4.79 Å². The van der Waals surface area contributed by atoms with E-state index in [1.165, 1.54) is 0 Å². The van der Waals surface area contributed by atoms with Crippen LogP contribution in [0.3, 0.4) is 0 Å². The fourth-order valence-corrected chi connectivity index (χ4v) is 2.85. The Bertz CT molecular complexity index is 775. The molecular formula is C17H16N2O5. The second-order valence-electron chi connectivity index (χ2n) is 6.19. The summed E-state index contributed by atoms with van der Waals surface area (Å²) in [5.41, 5.74) is -0.851. The maximum Gasteiger partial charge on any atom is 0.357 e. The molecule has 1 amide bonds. The van der Waals surface area contributed by atoms with Gasteiger partial charge in [0.05, 0.1) is 5.92 Å². The number of oxazole rings is 1. The zero-order chi connectivity index (χ0) is 16.7. The van der Waals surface area contributed by atoms with Crippen molar-refractivity contribution in [1.82, 2.24) is 9.88 Å². The third kappa shape index (κ3) is 2.51. The molecule has 0 bridgehead atoms. The van der Waals surface area contributed by atoms with Crippen molar-refractivity contribution in [2.75, 3.05) is 13.1 Å². The van der Waals surface area contributed by atoms with Crippen molar-refractivity contribution in [2.24, 2.45) is 0 Å². The molecule has 24 heavy (non-hydrogen) atoms. The summed E-state index contributed by atoms with van der Waals surface area (Å²) in [5, 5.41) is 8.86. The van der Waals surface area contributed by atoms with Crippen LogP contribution in [0.2, 0.25) is 0 Å². The van der Waals surface area contributed by atoms with Crippen LogP contribution in [0.5, 0.6) is 5.75 Å². The van der Waals surface area contributed by atoms with E-state index < -0.39 is 11.6 Å². The van der Waals surface area contributed by atoms with Crippen LogP contribution in [0.15, 0.2) is 41.0 Å². The molecule has 1 aliphatic carbocycles. The van der Waals surface area contributed by atoms with Gasteiger partial charge in [-0.15, -0.1) is 0 Å². The molecular weight excluding hydrogens is 312 g/mol. The lowest BCUT2D eigenvalue weighted by molar-refractivity contribution is -0.145. The van der Waals surface area contributed by atoms with Crippen LogP contribution < -0.4 is 4.74 Å². The highest BCUT2D eigenvalue weighted by Crippen LogP contribution is 2.43. The fraction of sp³-hybridized carbons (Fsp3) is 0.353. The number of nitrogens with zero attached hydrogens (tertiary/aromatic N) is 2. The van der Waals surface area contributed by atoms with Crippen LogP contribution >= 0.6 is 0 Å². The standard InChI is InChI=1S/C17H16N2O5/c20-15(21)13-10-23-14(18-13)11-8-19(9-11)16(22)17(6-7-17)24-12-4-2-1-3-5-12/h1-5,10-11H,6-9H2,(H,20,21). The van der Waals surface area contributed by atoms with E-state index in [0.717, 1.165) is 6.26 Å².